The SMILES string of the molecule is Cc1c(N2c3c(c(-c4cc5c(cc4Nc4ccc6c(c4)C(C)(C)CCC6(C)C)C(C)(C)CCC5(C)C)cc4c3oc3ccccc34)[B]c3ccc4c(sc5ccccc54)c32)ccc2c1C(C)(C)CCC2(C)C. The van der Waals surface area contributed by atoms with Crippen LogP contribution in [0.4, 0.5) is 28.4 Å². The van der Waals surface area contributed by atoms with E-state index in [4.69, 9.17) is 4.42 Å². The highest BCUT2D eigenvalue weighted by Gasteiger charge is 2.43. The van der Waals surface area contributed by atoms with Gasteiger partial charge in [-0.2, -0.15) is 0 Å². The highest BCUT2D eigenvalue weighted by atomic mass is 32.1. The second-order valence-electron chi connectivity index (χ2n) is 26.4. The number of furan rings is 1. The number of anilines is 5. The smallest absolute Gasteiger partial charge is 0.198 e. The van der Waals surface area contributed by atoms with Crippen molar-refractivity contribution >= 4 is 100 Å². The van der Waals surface area contributed by atoms with Crippen LogP contribution in [-0.4, -0.2) is 7.28 Å². The van der Waals surface area contributed by atoms with Crippen LogP contribution in [0.5, 0.6) is 0 Å². The summed E-state index contributed by atoms with van der Waals surface area (Å²) in [6.45, 7) is 31.8. The highest BCUT2D eigenvalue weighted by Crippen LogP contribution is 2.56. The van der Waals surface area contributed by atoms with Crippen molar-refractivity contribution in [3.63, 3.8) is 0 Å². The summed E-state index contributed by atoms with van der Waals surface area (Å²) in [6.07, 6.45) is 6.99. The van der Waals surface area contributed by atoms with E-state index < -0.39 is 0 Å². The molecule has 3 aliphatic carbocycles. The first kappa shape index (κ1) is 46.0. The number of rotatable bonds is 4. The van der Waals surface area contributed by atoms with Crippen molar-refractivity contribution in [2.75, 3.05) is 10.2 Å². The molecule has 7 aromatic carbocycles. The standard InChI is InChI=1S/C67H70BN2OS/c1-38-53(27-25-47-56(38)67(12,13)33-32-63(47,4)5)70-58-51(26-23-42-41-19-15-17-21-55(41)72-61(42)58)68-57-44(35-45-40-18-14-16-20-54(40)71-60(45)59(57)70)43-36-49-50(66(10,11)31-30-65(49,8)9)37-52(43)69-39-22-24-46-48(34-39)64(6,7)29-28-62(46,2)3/h14-27,34-37,69H,28-33H2,1-13H3. The fourth-order valence-electron chi connectivity index (χ4n) is 14.1. The number of nitrogens with zero attached hydrogens (tertiary/aromatic N) is 1. The van der Waals surface area contributed by atoms with Gasteiger partial charge in [0.1, 0.15) is 5.58 Å². The lowest BCUT2D eigenvalue weighted by molar-refractivity contribution is 0.330. The van der Waals surface area contributed by atoms with E-state index in [-0.39, 0.29) is 32.5 Å². The predicted octanol–water partition coefficient (Wildman–Crippen LogP) is 18.2. The lowest BCUT2D eigenvalue weighted by atomic mass is 9.57. The third-order valence-corrected chi connectivity index (χ3v) is 20.0. The molecule has 0 saturated carbocycles. The average molecular weight is 962 g/mol. The largest absolute Gasteiger partial charge is 0.454 e. The lowest BCUT2D eigenvalue weighted by Gasteiger charge is -2.44. The van der Waals surface area contributed by atoms with Gasteiger partial charge in [0, 0.05) is 48.9 Å². The maximum Gasteiger partial charge on any atom is 0.198 e. The molecular formula is C67H70BN2OS. The summed E-state index contributed by atoms with van der Waals surface area (Å²) in [5.41, 5.74) is 23.1. The molecule has 1 aliphatic heterocycles. The predicted molar refractivity (Wildman–Crippen MR) is 312 cm³/mol. The maximum atomic E-state index is 7.30. The van der Waals surface area contributed by atoms with E-state index in [9.17, 15) is 0 Å². The second kappa shape index (κ2) is 15.2. The zero-order valence-corrected chi connectivity index (χ0v) is 45.8. The number of hydrogen-bond donors (Lipinski definition) is 1. The van der Waals surface area contributed by atoms with E-state index in [0.29, 0.717) is 0 Å². The Bertz CT molecular complexity index is 3800. The number of benzene rings is 7. The van der Waals surface area contributed by atoms with Crippen molar-refractivity contribution in [2.45, 2.75) is 161 Å². The molecule has 0 bridgehead atoms. The first-order valence-corrected chi connectivity index (χ1v) is 27.7. The Morgan fingerprint density at radius 1 is 0.514 bits per heavy atom. The molecule has 9 aromatic rings. The van der Waals surface area contributed by atoms with E-state index in [0.717, 1.165) is 58.3 Å². The Kier molecular flexibility index (Phi) is 9.69. The summed E-state index contributed by atoms with van der Waals surface area (Å²) in [5.74, 6) is 0. The summed E-state index contributed by atoms with van der Waals surface area (Å²) in [4.78, 5) is 2.66. The molecule has 0 saturated heterocycles. The Morgan fingerprint density at radius 3 is 1.83 bits per heavy atom. The normalized spacial score (nSPS) is 19.6. The van der Waals surface area contributed by atoms with Crippen LogP contribution in [0.3, 0.4) is 0 Å². The molecule has 0 fully saturated rings. The minimum Gasteiger partial charge on any atom is -0.454 e. The first-order valence-electron chi connectivity index (χ1n) is 26.9. The van der Waals surface area contributed by atoms with Crippen LogP contribution in [0.15, 0.2) is 114 Å². The molecule has 0 amide bonds. The summed E-state index contributed by atoms with van der Waals surface area (Å²) >= 11 is 1.92. The van der Waals surface area contributed by atoms with Crippen LogP contribution in [0.2, 0.25) is 0 Å². The third-order valence-electron chi connectivity index (χ3n) is 18.9. The molecule has 0 unspecified atom stereocenters. The molecule has 13 rings (SSSR count). The molecule has 0 atom stereocenters. The molecule has 5 heteroatoms. The first-order chi connectivity index (χ1) is 34.0. The van der Waals surface area contributed by atoms with Gasteiger partial charge in [-0.25, -0.2) is 0 Å². The molecule has 363 valence electrons. The van der Waals surface area contributed by atoms with Crippen LogP contribution < -0.4 is 21.1 Å². The number of thiophene rings is 1. The average Bonchev–Trinajstić information content (AvgIpc) is 3.91. The van der Waals surface area contributed by atoms with Crippen LogP contribution in [-0.2, 0) is 32.5 Å². The molecular weight excluding hydrogens is 892 g/mol. The summed E-state index contributed by atoms with van der Waals surface area (Å²) < 4.78 is 9.91. The molecule has 2 aromatic heterocycles. The van der Waals surface area contributed by atoms with Gasteiger partial charge in [0.2, 0.25) is 0 Å². The Hall–Kier alpha value is -5.78. The fraction of sp³-hybridized carbons (Fsp3) is 0.373. The maximum absolute atomic E-state index is 7.30. The van der Waals surface area contributed by atoms with Crippen molar-refractivity contribution in [1.82, 2.24) is 0 Å². The Labute approximate surface area is 432 Å². The molecule has 4 aliphatic rings. The summed E-state index contributed by atoms with van der Waals surface area (Å²) in [5, 5.41) is 9.09. The molecule has 1 radical (unpaired) electrons. The summed E-state index contributed by atoms with van der Waals surface area (Å²) in [6, 6.07) is 42.3. The Morgan fingerprint density at radius 2 is 1.11 bits per heavy atom. The van der Waals surface area contributed by atoms with E-state index >= 15 is 0 Å². The minimum absolute atomic E-state index is 0.00200. The van der Waals surface area contributed by atoms with Gasteiger partial charge in [-0.3, -0.25) is 0 Å². The van der Waals surface area contributed by atoms with Crippen LogP contribution in [0.1, 0.15) is 161 Å². The van der Waals surface area contributed by atoms with Gasteiger partial charge in [-0.15, -0.1) is 11.3 Å². The van der Waals surface area contributed by atoms with Gasteiger partial charge in [0.05, 0.1) is 16.1 Å². The van der Waals surface area contributed by atoms with Crippen LogP contribution in [0, 0.1) is 6.92 Å². The fourth-order valence-corrected chi connectivity index (χ4v) is 15.4. The van der Waals surface area contributed by atoms with Crippen molar-refractivity contribution in [2.24, 2.45) is 0 Å². The number of fused-ring (bicyclic) bond motifs is 13. The number of para-hydroxylation sites is 1. The third kappa shape index (κ3) is 6.67. The quantitative estimate of drug-likeness (QED) is 0.178. The molecule has 3 nitrogen and oxygen atoms in total. The lowest BCUT2D eigenvalue weighted by Crippen LogP contribution is -2.42. The summed E-state index contributed by atoms with van der Waals surface area (Å²) in [7, 11) is 2.51. The second-order valence-corrected chi connectivity index (χ2v) is 27.4. The van der Waals surface area contributed by atoms with Crippen molar-refractivity contribution < 1.29 is 4.42 Å². The molecule has 72 heavy (non-hydrogen) atoms. The molecule has 3 heterocycles. The van der Waals surface area contributed by atoms with E-state index in [1.54, 1.807) is 0 Å². The van der Waals surface area contributed by atoms with Gasteiger partial charge in [-0.1, -0.05) is 149 Å². The van der Waals surface area contributed by atoms with Gasteiger partial charge in [0.25, 0.3) is 0 Å². The van der Waals surface area contributed by atoms with Gasteiger partial charge in [0.15, 0.2) is 12.9 Å². The monoisotopic (exact) mass is 962 g/mol. The minimum atomic E-state index is 0.00200. The van der Waals surface area contributed by atoms with E-state index in [1.165, 1.54) is 112 Å². The van der Waals surface area contributed by atoms with Crippen molar-refractivity contribution in [3.05, 3.63) is 148 Å². The zero-order valence-electron chi connectivity index (χ0n) is 45.0. The Balaban J connectivity index is 1.15. The molecule has 1 N–H and O–H groups in total. The van der Waals surface area contributed by atoms with Crippen molar-refractivity contribution in [3.8, 4) is 11.1 Å². The van der Waals surface area contributed by atoms with E-state index in [2.05, 4.69) is 217 Å². The van der Waals surface area contributed by atoms with E-state index in [1.807, 2.05) is 11.3 Å². The zero-order chi connectivity index (χ0) is 50.2. The molecule has 0 spiro atoms. The highest BCUT2D eigenvalue weighted by molar-refractivity contribution is 7.26. The number of hydrogen-bond acceptors (Lipinski definition) is 4. The van der Waals surface area contributed by atoms with Crippen LogP contribution in [0.25, 0.3) is 53.2 Å². The van der Waals surface area contributed by atoms with Gasteiger partial charge >= 0.3 is 0 Å². The van der Waals surface area contributed by atoms with Gasteiger partial charge < -0.3 is 14.6 Å². The van der Waals surface area contributed by atoms with Crippen LogP contribution >= 0.6 is 11.3 Å². The number of nitrogens with one attached hydrogen (secondary N) is 1. The van der Waals surface area contributed by atoms with Crippen molar-refractivity contribution in [1.29, 1.82) is 0 Å². The topological polar surface area (TPSA) is 28.4 Å². The van der Waals surface area contributed by atoms with Gasteiger partial charge in [-0.05, 0) is 176 Å².